The van der Waals surface area contributed by atoms with Crippen LogP contribution in [0.3, 0.4) is 0 Å². The first kappa shape index (κ1) is 11.8. The first-order valence-electron chi connectivity index (χ1n) is 4.33. The summed E-state index contributed by atoms with van der Waals surface area (Å²) >= 11 is 0. The van der Waals surface area contributed by atoms with Gasteiger partial charge in [0.25, 0.3) is 0 Å². The predicted molar refractivity (Wildman–Crippen MR) is 45.6 cm³/mol. The van der Waals surface area contributed by atoms with Crippen LogP contribution in [0.1, 0.15) is 0 Å². The van der Waals surface area contributed by atoms with E-state index in [2.05, 4.69) is 0 Å². The summed E-state index contributed by atoms with van der Waals surface area (Å²) in [6, 6.07) is 0. The van der Waals surface area contributed by atoms with Crippen molar-refractivity contribution >= 4 is 0 Å². The van der Waals surface area contributed by atoms with E-state index in [4.69, 9.17) is 14.2 Å². The van der Waals surface area contributed by atoms with Gasteiger partial charge in [-0.1, -0.05) is 0 Å². The van der Waals surface area contributed by atoms with E-state index in [-0.39, 0.29) is 6.61 Å². The largest absolute Gasteiger partial charge is 0.387 e. The van der Waals surface area contributed by atoms with E-state index in [0.29, 0.717) is 0 Å². The Morgan fingerprint density at radius 1 is 1.14 bits per heavy atom. The Labute approximate surface area is 82.0 Å². The summed E-state index contributed by atoms with van der Waals surface area (Å²) in [6.45, 7) is 0.130. The summed E-state index contributed by atoms with van der Waals surface area (Å²) in [5.74, 6) is 0. The molecule has 5 atom stereocenters. The zero-order valence-corrected chi connectivity index (χ0v) is 8.16. The van der Waals surface area contributed by atoms with Crippen molar-refractivity contribution in [3.8, 4) is 0 Å². The minimum Gasteiger partial charge on any atom is -0.387 e. The summed E-state index contributed by atoms with van der Waals surface area (Å²) in [6.07, 6.45) is -5.17. The molecule has 0 aromatic heterocycles. The number of ether oxygens (including phenoxy) is 3. The molecule has 3 N–H and O–H groups in total. The Hall–Kier alpha value is -0.240. The lowest BCUT2D eigenvalue weighted by Crippen LogP contribution is -2.59. The van der Waals surface area contributed by atoms with Crippen LogP contribution in [0, 0.1) is 0 Å². The van der Waals surface area contributed by atoms with Crippen LogP contribution in [0.25, 0.3) is 0 Å². The molecule has 14 heavy (non-hydrogen) atoms. The van der Waals surface area contributed by atoms with E-state index < -0.39 is 30.7 Å². The lowest BCUT2D eigenvalue weighted by atomic mass is 9.99. The topological polar surface area (TPSA) is 88.4 Å². The SMILES string of the molecule is COCC1OC(O)C(O)C(OC)C1O. The average molecular weight is 208 g/mol. The molecule has 0 amide bonds. The lowest BCUT2D eigenvalue weighted by molar-refractivity contribution is -0.291. The summed E-state index contributed by atoms with van der Waals surface area (Å²) in [5, 5.41) is 28.3. The molecule has 0 aromatic rings. The quantitative estimate of drug-likeness (QED) is 0.501. The molecule has 1 heterocycles. The highest BCUT2D eigenvalue weighted by Gasteiger charge is 2.44. The van der Waals surface area contributed by atoms with Gasteiger partial charge in [0.15, 0.2) is 6.29 Å². The molecule has 0 aromatic carbocycles. The van der Waals surface area contributed by atoms with Crippen molar-refractivity contribution in [2.45, 2.75) is 30.7 Å². The number of methoxy groups -OCH3 is 2. The standard InChI is InChI=1S/C8H16O6/c1-12-3-4-5(9)7(13-2)6(10)8(11)14-4/h4-11H,3H2,1-2H3. The normalized spacial score (nSPS) is 43.9. The minimum absolute atomic E-state index is 0.130. The Bertz CT molecular complexity index is 175. The van der Waals surface area contributed by atoms with E-state index in [9.17, 15) is 15.3 Å². The van der Waals surface area contributed by atoms with Crippen LogP contribution in [-0.2, 0) is 14.2 Å². The highest BCUT2D eigenvalue weighted by molar-refractivity contribution is 4.89. The van der Waals surface area contributed by atoms with Crippen molar-refractivity contribution in [2.24, 2.45) is 0 Å². The van der Waals surface area contributed by atoms with Gasteiger partial charge in [0, 0.05) is 14.2 Å². The fourth-order valence-corrected chi connectivity index (χ4v) is 1.50. The molecule has 0 radical (unpaired) electrons. The molecule has 84 valence electrons. The molecule has 6 nitrogen and oxygen atoms in total. The van der Waals surface area contributed by atoms with Crippen LogP contribution in [0.5, 0.6) is 0 Å². The van der Waals surface area contributed by atoms with Crippen LogP contribution in [0.15, 0.2) is 0 Å². The average Bonchev–Trinajstić information content (AvgIpc) is 2.16. The van der Waals surface area contributed by atoms with Gasteiger partial charge in [-0.3, -0.25) is 0 Å². The van der Waals surface area contributed by atoms with Crippen molar-refractivity contribution in [1.82, 2.24) is 0 Å². The van der Waals surface area contributed by atoms with Gasteiger partial charge in [-0.05, 0) is 0 Å². The number of aliphatic hydroxyl groups excluding tert-OH is 3. The molecule has 1 aliphatic rings. The summed E-state index contributed by atoms with van der Waals surface area (Å²) in [7, 11) is 2.80. The monoisotopic (exact) mass is 208 g/mol. The van der Waals surface area contributed by atoms with Gasteiger partial charge in [0.2, 0.25) is 0 Å². The number of aliphatic hydroxyl groups is 3. The molecule has 0 spiro atoms. The van der Waals surface area contributed by atoms with Gasteiger partial charge in [-0.2, -0.15) is 0 Å². The van der Waals surface area contributed by atoms with Crippen LogP contribution in [-0.4, -0.2) is 66.9 Å². The number of hydrogen-bond acceptors (Lipinski definition) is 6. The van der Waals surface area contributed by atoms with E-state index in [0.717, 1.165) is 0 Å². The molecule has 1 aliphatic heterocycles. The highest BCUT2D eigenvalue weighted by atomic mass is 16.7. The maximum atomic E-state index is 9.65. The molecule has 0 bridgehead atoms. The summed E-state index contributed by atoms with van der Waals surface area (Å²) in [5.41, 5.74) is 0. The van der Waals surface area contributed by atoms with E-state index >= 15 is 0 Å². The van der Waals surface area contributed by atoms with Gasteiger partial charge < -0.3 is 29.5 Å². The zero-order valence-electron chi connectivity index (χ0n) is 8.16. The summed E-state index contributed by atoms with van der Waals surface area (Å²) < 4.78 is 14.6. The molecule has 0 aliphatic carbocycles. The molecule has 1 rings (SSSR count). The molecular weight excluding hydrogens is 192 g/mol. The van der Waals surface area contributed by atoms with Crippen molar-refractivity contribution < 1.29 is 29.5 Å². The second kappa shape index (κ2) is 5.01. The molecule has 5 unspecified atom stereocenters. The van der Waals surface area contributed by atoms with Crippen LogP contribution < -0.4 is 0 Å². The Morgan fingerprint density at radius 3 is 2.29 bits per heavy atom. The van der Waals surface area contributed by atoms with Gasteiger partial charge in [-0.25, -0.2) is 0 Å². The molecular formula is C8H16O6. The Balaban J connectivity index is 2.65. The van der Waals surface area contributed by atoms with Crippen LogP contribution in [0.2, 0.25) is 0 Å². The maximum Gasteiger partial charge on any atom is 0.184 e. The van der Waals surface area contributed by atoms with Gasteiger partial charge in [0.05, 0.1) is 6.61 Å². The van der Waals surface area contributed by atoms with E-state index in [1.165, 1.54) is 14.2 Å². The van der Waals surface area contributed by atoms with Gasteiger partial charge in [0.1, 0.15) is 24.4 Å². The maximum absolute atomic E-state index is 9.65. The van der Waals surface area contributed by atoms with Gasteiger partial charge in [-0.15, -0.1) is 0 Å². The third kappa shape index (κ3) is 2.22. The second-order valence-electron chi connectivity index (χ2n) is 3.20. The van der Waals surface area contributed by atoms with Crippen molar-refractivity contribution in [2.75, 3.05) is 20.8 Å². The molecule has 1 saturated heterocycles. The third-order valence-corrected chi connectivity index (χ3v) is 2.26. The molecule has 0 saturated carbocycles. The minimum atomic E-state index is -1.36. The zero-order chi connectivity index (χ0) is 10.7. The number of hydrogen-bond donors (Lipinski definition) is 3. The summed E-state index contributed by atoms with van der Waals surface area (Å²) in [4.78, 5) is 0. The third-order valence-electron chi connectivity index (χ3n) is 2.26. The first-order chi connectivity index (χ1) is 6.61. The van der Waals surface area contributed by atoms with Crippen molar-refractivity contribution in [1.29, 1.82) is 0 Å². The Morgan fingerprint density at radius 2 is 1.79 bits per heavy atom. The fraction of sp³-hybridized carbons (Fsp3) is 1.00. The highest BCUT2D eigenvalue weighted by Crippen LogP contribution is 2.21. The van der Waals surface area contributed by atoms with E-state index in [1.807, 2.05) is 0 Å². The molecule has 1 fully saturated rings. The van der Waals surface area contributed by atoms with Crippen molar-refractivity contribution in [3.05, 3.63) is 0 Å². The lowest BCUT2D eigenvalue weighted by Gasteiger charge is -2.39. The van der Waals surface area contributed by atoms with E-state index in [1.54, 1.807) is 0 Å². The Kier molecular flexibility index (Phi) is 4.24. The predicted octanol–water partition coefficient (Wildman–Crippen LogP) is -1.91. The smallest absolute Gasteiger partial charge is 0.184 e. The fourth-order valence-electron chi connectivity index (χ4n) is 1.50. The number of rotatable bonds is 3. The molecule has 6 heteroatoms. The second-order valence-corrected chi connectivity index (χ2v) is 3.20. The van der Waals surface area contributed by atoms with Gasteiger partial charge >= 0.3 is 0 Å². The van der Waals surface area contributed by atoms with Crippen LogP contribution in [0.4, 0.5) is 0 Å². The van der Waals surface area contributed by atoms with Crippen molar-refractivity contribution in [3.63, 3.8) is 0 Å². The van der Waals surface area contributed by atoms with Crippen LogP contribution >= 0.6 is 0 Å². The first-order valence-corrected chi connectivity index (χ1v) is 4.33.